The van der Waals surface area contributed by atoms with Crippen LogP contribution in [0.15, 0.2) is 30.6 Å². The van der Waals surface area contributed by atoms with Crippen LogP contribution in [0.1, 0.15) is 12.8 Å². The largest absolute Gasteiger partial charge is 0.334 e. The summed E-state index contributed by atoms with van der Waals surface area (Å²) in [5.41, 5.74) is 4.11. The second-order valence-corrected chi connectivity index (χ2v) is 10.5. The van der Waals surface area contributed by atoms with E-state index in [-0.39, 0.29) is 23.6 Å². The number of aromatic nitrogens is 2. The van der Waals surface area contributed by atoms with Gasteiger partial charge in [0.2, 0.25) is 10.0 Å². The molecule has 8 nitrogen and oxygen atoms in total. The number of sulfonamides is 1. The van der Waals surface area contributed by atoms with Crippen molar-refractivity contribution in [1.82, 2.24) is 14.4 Å². The van der Waals surface area contributed by atoms with Gasteiger partial charge in [0.15, 0.2) is 5.82 Å². The molecule has 1 aliphatic heterocycles. The number of hydrogen-bond donors (Lipinski definition) is 2. The highest BCUT2D eigenvalue weighted by molar-refractivity contribution is 14.1. The van der Waals surface area contributed by atoms with Gasteiger partial charge in [0.1, 0.15) is 23.7 Å². The third-order valence-electron chi connectivity index (χ3n) is 5.15. The lowest BCUT2D eigenvalue weighted by atomic mass is 10.2. The van der Waals surface area contributed by atoms with Crippen LogP contribution in [0.4, 0.5) is 25.8 Å². The van der Waals surface area contributed by atoms with Crippen molar-refractivity contribution in [2.45, 2.75) is 18.1 Å². The van der Waals surface area contributed by atoms with E-state index in [1.807, 2.05) is 22.6 Å². The van der Waals surface area contributed by atoms with E-state index in [4.69, 9.17) is 0 Å². The molecule has 1 saturated carbocycles. The fraction of sp³-hybridized carbons (Fsp3) is 0.278. The van der Waals surface area contributed by atoms with E-state index < -0.39 is 26.9 Å². The molecule has 158 valence electrons. The van der Waals surface area contributed by atoms with E-state index in [0.29, 0.717) is 24.0 Å². The summed E-state index contributed by atoms with van der Waals surface area (Å²) in [5.74, 6) is -1.12. The molecule has 0 radical (unpaired) electrons. The number of nitrogens with one attached hydrogen (secondary N) is 2. The highest BCUT2D eigenvalue weighted by Gasteiger charge is 2.40. The number of nitrogens with zero attached hydrogens (tertiary/aromatic N) is 4. The Balaban J connectivity index is 1.59. The summed E-state index contributed by atoms with van der Waals surface area (Å²) in [6.07, 6.45) is 2.68. The van der Waals surface area contributed by atoms with Gasteiger partial charge in [0, 0.05) is 10.6 Å². The molecule has 12 heteroatoms. The predicted octanol–water partition coefficient (Wildman–Crippen LogP) is 3.06. The quantitative estimate of drug-likeness (QED) is 0.479. The SMILES string of the molecule is Cn1cnc2c(F)c3c(cc21)N(NS(=O)(=O)C1CC1)CN3Nc1ccc(I)cc1F. The van der Waals surface area contributed by atoms with Gasteiger partial charge >= 0.3 is 0 Å². The van der Waals surface area contributed by atoms with Gasteiger partial charge in [-0.05, 0) is 59.7 Å². The zero-order valence-electron chi connectivity index (χ0n) is 15.7. The van der Waals surface area contributed by atoms with Gasteiger partial charge in [0.05, 0.1) is 28.5 Å². The molecule has 2 heterocycles. The van der Waals surface area contributed by atoms with Gasteiger partial charge in [-0.25, -0.2) is 22.2 Å². The molecule has 0 amide bonds. The smallest absolute Gasteiger partial charge is 0.231 e. The predicted molar refractivity (Wildman–Crippen MR) is 118 cm³/mol. The van der Waals surface area contributed by atoms with E-state index in [0.717, 1.165) is 3.57 Å². The zero-order valence-corrected chi connectivity index (χ0v) is 18.7. The molecule has 2 N–H and O–H groups in total. The van der Waals surface area contributed by atoms with Gasteiger partial charge in [-0.2, -0.15) is 0 Å². The van der Waals surface area contributed by atoms with Crippen LogP contribution in [0.3, 0.4) is 0 Å². The highest BCUT2D eigenvalue weighted by atomic mass is 127. The van der Waals surface area contributed by atoms with E-state index in [1.54, 1.807) is 29.8 Å². The van der Waals surface area contributed by atoms with Crippen LogP contribution in [-0.2, 0) is 17.1 Å². The standard InChI is InChI=1S/C18H17F2IN6O2S/c1-25-8-22-17-14(25)7-15-18(16(17)20)27(23-13-5-2-10(21)6-12(13)19)9-26(15)24-30(28,29)11-3-4-11/h2,5-8,11,23-24H,3-4,9H2,1H3. The molecular weight excluding hydrogens is 529 g/mol. The average Bonchev–Trinajstić information content (AvgIpc) is 3.41. The maximum absolute atomic E-state index is 15.4. The Morgan fingerprint density at radius 1 is 1.20 bits per heavy atom. The summed E-state index contributed by atoms with van der Waals surface area (Å²) in [4.78, 5) is 6.65. The number of imidazole rings is 1. The Hall–Kier alpha value is -2.19. The van der Waals surface area contributed by atoms with Crippen molar-refractivity contribution >= 4 is 60.7 Å². The van der Waals surface area contributed by atoms with Crippen molar-refractivity contribution < 1.29 is 17.2 Å². The Kier molecular flexibility index (Phi) is 4.56. The fourth-order valence-corrected chi connectivity index (χ4v) is 5.28. The minimum atomic E-state index is -3.58. The highest BCUT2D eigenvalue weighted by Crippen LogP contribution is 2.42. The Labute approximate surface area is 185 Å². The maximum atomic E-state index is 15.4. The molecule has 5 rings (SSSR count). The molecule has 0 bridgehead atoms. The molecule has 1 aromatic heterocycles. The van der Waals surface area contributed by atoms with Crippen LogP contribution in [0.25, 0.3) is 11.0 Å². The van der Waals surface area contributed by atoms with Crippen LogP contribution in [-0.4, -0.2) is 29.9 Å². The number of hydrazine groups is 2. The van der Waals surface area contributed by atoms with E-state index in [9.17, 15) is 12.8 Å². The molecule has 0 spiro atoms. The number of halogens is 3. The number of benzene rings is 2. The molecule has 1 fully saturated rings. The van der Waals surface area contributed by atoms with Gasteiger partial charge < -0.3 is 4.57 Å². The summed E-state index contributed by atoms with van der Waals surface area (Å²) < 4.78 is 57.2. The molecule has 2 aromatic carbocycles. The van der Waals surface area contributed by atoms with Gasteiger partial charge in [0.25, 0.3) is 0 Å². The number of aryl methyl sites for hydroxylation is 1. The number of fused-ring (bicyclic) bond motifs is 2. The van der Waals surface area contributed by atoms with Gasteiger partial charge in [-0.3, -0.25) is 15.4 Å². The van der Waals surface area contributed by atoms with Crippen molar-refractivity contribution in [3.8, 4) is 0 Å². The second-order valence-electron chi connectivity index (χ2n) is 7.35. The number of hydrogen-bond acceptors (Lipinski definition) is 6. The van der Waals surface area contributed by atoms with Crippen LogP contribution >= 0.6 is 22.6 Å². The average molecular weight is 546 g/mol. The first-order valence-electron chi connectivity index (χ1n) is 9.16. The minimum absolute atomic E-state index is 0.0556. The van der Waals surface area contributed by atoms with Crippen LogP contribution in [0, 0.1) is 15.2 Å². The molecule has 0 atom stereocenters. The lowest BCUT2D eigenvalue weighted by Crippen LogP contribution is -2.46. The minimum Gasteiger partial charge on any atom is -0.334 e. The van der Waals surface area contributed by atoms with Crippen molar-refractivity contribution in [2.24, 2.45) is 7.05 Å². The lowest BCUT2D eigenvalue weighted by Gasteiger charge is -2.23. The van der Waals surface area contributed by atoms with Gasteiger partial charge in [-0.15, -0.1) is 4.83 Å². The monoisotopic (exact) mass is 546 g/mol. The Morgan fingerprint density at radius 3 is 2.67 bits per heavy atom. The summed E-state index contributed by atoms with van der Waals surface area (Å²) in [6, 6.07) is 6.29. The van der Waals surface area contributed by atoms with Crippen LogP contribution in [0.2, 0.25) is 0 Å². The van der Waals surface area contributed by atoms with Crippen molar-refractivity contribution in [1.29, 1.82) is 0 Å². The van der Waals surface area contributed by atoms with Crippen LogP contribution in [0.5, 0.6) is 0 Å². The van der Waals surface area contributed by atoms with E-state index in [2.05, 4.69) is 15.2 Å². The lowest BCUT2D eigenvalue weighted by molar-refractivity contribution is 0.575. The molecular formula is C18H17F2IN6O2S. The first kappa shape index (κ1) is 19.8. The topological polar surface area (TPSA) is 82.5 Å². The molecule has 3 aromatic rings. The van der Waals surface area contributed by atoms with Crippen molar-refractivity contribution in [3.05, 3.63) is 45.8 Å². The normalized spacial score (nSPS) is 16.4. The third-order valence-corrected chi connectivity index (χ3v) is 7.64. The van der Waals surface area contributed by atoms with Crippen molar-refractivity contribution in [2.75, 3.05) is 22.1 Å². The number of rotatable bonds is 5. The van der Waals surface area contributed by atoms with Gasteiger partial charge in [-0.1, -0.05) is 0 Å². The van der Waals surface area contributed by atoms with Crippen molar-refractivity contribution in [3.63, 3.8) is 0 Å². The Bertz CT molecular complexity index is 1280. The first-order chi connectivity index (χ1) is 14.2. The van der Waals surface area contributed by atoms with Crippen LogP contribution < -0.4 is 20.3 Å². The molecule has 30 heavy (non-hydrogen) atoms. The molecule has 0 saturated heterocycles. The first-order valence-corrected chi connectivity index (χ1v) is 11.8. The summed E-state index contributed by atoms with van der Waals surface area (Å²) in [5, 5.41) is 2.29. The molecule has 0 unspecified atom stereocenters. The summed E-state index contributed by atoms with van der Waals surface area (Å²) >= 11 is 2.00. The molecule has 2 aliphatic rings. The van der Waals surface area contributed by atoms with E-state index >= 15 is 4.39 Å². The molecule has 1 aliphatic carbocycles. The number of anilines is 3. The third kappa shape index (κ3) is 3.26. The van der Waals surface area contributed by atoms with E-state index in [1.165, 1.54) is 22.4 Å². The zero-order chi connectivity index (χ0) is 21.2. The second kappa shape index (κ2) is 6.92. The summed E-state index contributed by atoms with van der Waals surface area (Å²) in [6.45, 7) is -0.0556. The maximum Gasteiger partial charge on any atom is 0.231 e. The fourth-order valence-electron chi connectivity index (χ4n) is 3.45. The summed E-state index contributed by atoms with van der Waals surface area (Å²) in [7, 11) is -1.86. The Morgan fingerprint density at radius 2 is 1.97 bits per heavy atom.